The van der Waals surface area contributed by atoms with E-state index in [2.05, 4.69) is 5.32 Å². The average molecular weight is 425 g/mol. The Kier molecular flexibility index (Phi) is 7.71. The normalized spacial score (nSPS) is 12.3. The van der Waals surface area contributed by atoms with E-state index < -0.39 is 16.1 Å². The molecule has 28 heavy (non-hydrogen) atoms. The second-order valence-electron chi connectivity index (χ2n) is 6.42. The lowest BCUT2D eigenvalue weighted by molar-refractivity contribution is -0.121. The van der Waals surface area contributed by atoms with Gasteiger partial charge in [0.1, 0.15) is 11.8 Å². The first-order chi connectivity index (χ1) is 13.2. The van der Waals surface area contributed by atoms with E-state index in [-0.39, 0.29) is 5.91 Å². The zero-order valence-corrected chi connectivity index (χ0v) is 17.8. The third-order valence-corrected chi connectivity index (χ3v) is 5.91. The highest BCUT2D eigenvalue weighted by Crippen LogP contribution is 2.24. The van der Waals surface area contributed by atoms with Gasteiger partial charge in [-0.25, -0.2) is 8.42 Å². The summed E-state index contributed by atoms with van der Waals surface area (Å²) in [6.45, 7) is 1.99. The van der Waals surface area contributed by atoms with Gasteiger partial charge in [0.2, 0.25) is 15.9 Å². The number of sulfonamides is 1. The van der Waals surface area contributed by atoms with E-state index in [1.165, 1.54) is 7.11 Å². The molecular formula is C20H25ClN2O4S. The van der Waals surface area contributed by atoms with E-state index in [1.807, 2.05) is 24.3 Å². The van der Waals surface area contributed by atoms with Gasteiger partial charge in [-0.1, -0.05) is 29.8 Å². The third kappa shape index (κ3) is 5.87. The van der Waals surface area contributed by atoms with Crippen LogP contribution in [-0.4, -0.2) is 40.3 Å². The number of nitrogens with zero attached hydrogens (tertiary/aromatic N) is 1. The maximum atomic E-state index is 12.5. The van der Waals surface area contributed by atoms with Crippen LogP contribution in [0.15, 0.2) is 48.5 Å². The smallest absolute Gasteiger partial charge is 0.243 e. The minimum absolute atomic E-state index is 0.361. The van der Waals surface area contributed by atoms with Gasteiger partial charge < -0.3 is 10.1 Å². The van der Waals surface area contributed by atoms with Crippen molar-refractivity contribution in [2.45, 2.75) is 25.8 Å². The summed E-state index contributed by atoms with van der Waals surface area (Å²) in [6, 6.07) is 13.2. The zero-order chi connectivity index (χ0) is 20.7. The molecule has 0 saturated heterocycles. The molecule has 0 aromatic heterocycles. The van der Waals surface area contributed by atoms with Crippen molar-refractivity contribution >= 4 is 33.2 Å². The molecule has 1 atom stereocenters. The molecule has 0 spiro atoms. The number of methoxy groups -OCH3 is 1. The molecule has 6 nitrogen and oxygen atoms in total. The van der Waals surface area contributed by atoms with Crippen molar-refractivity contribution in [2.75, 3.05) is 24.2 Å². The average Bonchev–Trinajstić information content (AvgIpc) is 2.66. The van der Waals surface area contributed by atoms with Crippen LogP contribution >= 0.6 is 11.6 Å². The molecular weight excluding hydrogens is 400 g/mol. The lowest BCUT2D eigenvalue weighted by atomic mass is 10.1. The summed E-state index contributed by atoms with van der Waals surface area (Å²) in [7, 11) is -2.12. The van der Waals surface area contributed by atoms with E-state index in [0.717, 1.165) is 22.5 Å². The van der Waals surface area contributed by atoms with Crippen LogP contribution in [0.5, 0.6) is 5.75 Å². The number of anilines is 1. The number of benzene rings is 2. The summed E-state index contributed by atoms with van der Waals surface area (Å²) in [4.78, 5) is 12.5. The lowest BCUT2D eigenvalue weighted by Crippen LogP contribution is -2.48. The molecule has 152 valence electrons. The second-order valence-corrected chi connectivity index (χ2v) is 8.69. The summed E-state index contributed by atoms with van der Waals surface area (Å²) in [5, 5.41) is 3.50. The fourth-order valence-corrected chi connectivity index (χ4v) is 4.28. The second kappa shape index (κ2) is 9.80. The number of amides is 1. The summed E-state index contributed by atoms with van der Waals surface area (Å²) >= 11 is 6.13. The van der Waals surface area contributed by atoms with Gasteiger partial charge in [0.15, 0.2) is 0 Å². The van der Waals surface area contributed by atoms with Gasteiger partial charge in [0.05, 0.1) is 19.1 Å². The van der Waals surface area contributed by atoms with Gasteiger partial charge in [0.25, 0.3) is 0 Å². The van der Waals surface area contributed by atoms with Crippen LogP contribution < -0.4 is 14.4 Å². The minimum atomic E-state index is -3.65. The van der Waals surface area contributed by atoms with Crippen LogP contribution in [0.1, 0.15) is 18.9 Å². The fraction of sp³-hybridized carbons (Fsp3) is 0.350. The Labute approximate surface area is 171 Å². The molecule has 0 saturated carbocycles. The molecule has 2 aromatic rings. The maximum absolute atomic E-state index is 12.5. The van der Waals surface area contributed by atoms with Crippen molar-refractivity contribution in [2.24, 2.45) is 0 Å². The van der Waals surface area contributed by atoms with Gasteiger partial charge in [-0.15, -0.1) is 0 Å². The van der Waals surface area contributed by atoms with Gasteiger partial charge >= 0.3 is 0 Å². The monoisotopic (exact) mass is 424 g/mol. The number of nitrogens with one attached hydrogen (secondary N) is 1. The molecule has 0 fully saturated rings. The number of carbonyl (C=O) groups excluding carboxylic acids is 1. The number of aryl methyl sites for hydroxylation is 1. The molecule has 0 aliphatic carbocycles. The van der Waals surface area contributed by atoms with Crippen molar-refractivity contribution in [1.29, 1.82) is 0 Å². The number of hydrogen-bond donors (Lipinski definition) is 1. The number of hydrogen-bond acceptors (Lipinski definition) is 4. The number of halogens is 1. The highest BCUT2D eigenvalue weighted by molar-refractivity contribution is 7.92. The van der Waals surface area contributed by atoms with Crippen LogP contribution in [0.3, 0.4) is 0 Å². The molecule has 8 heteroatoms. The Balaban J connectivity index is 2.00. The first-order valence-electron chi connectivity index (χ1n) is 8.88. The van der Waals surface area contributed by atoms with Gasteiger partial charge in [-0.2, -0.15) is 0 Å². The molecule has 0 aliphatic heterocycles. The standard InChI is InChI=1S/C20H25ClN2O4S/c1-15(20(24)22-14-6-8-16-7-4-5-9-19(16)21)23(28(3,25)26)17-10-12-18(27-2)13-11-17/h4-5,7,9-13,15H,6,8,14H2,1-3H3,(H,22,24)/t15-/m1/s1. The summed E-state index contributed by atoms with van der Waals surface area (Å²) in [6.07, 6.45) is 2.50. The largest absolute Gasteiger partial charge is 0.497 e. The Hall–Kier alpha value is -2.25. The van der Waals surface area contributed by atoms with E-state index in [1.54, 1.807) is 31.2 Å². The SMILES string of the molecule is COc1ccc(N([C@H](C)C(=O)NCCCc2ccccc2Cl)S(C)(=O)=O)cc1. The quantitative estimate of drug-likeness (QED) is 0.627. The first-order valence-corrected chi connectivity index (χ1v) is 11.1. The van der Waals surface area contributed by atoms with Gasteiger partial charge in [0, 0.05) is 11.6 Å². The highest BCUT2D eigenvalue weighted by Gasteiger charge is 2.28. The number of carbonyl (C=O) groups is 1. The van der Waals surface area contributed by atoms with Crippen LogP contribution in [0.4, 0.5) is 5.69 Å². The Morgan fingerprint density at radius 1 is 1.18 bits per heavy atom. The molecule has 1 amide bonds. The van der Waals surface area contributed by atoms with Crippen molar-refractivity contribution < 1.29 is 17.9 Å². The minimum Gasteiger partial charge on any atom is -0.497 e. The van der Waals surface area contributed by atoms with E-state index >= 15 is 0 Å². The van der Waals surface area contributed by atoms with Crippen molar-refractivity contribution in [3.05, 3.63) is 59.1 Å². The highest BCUT2D eigenvalue weighted by atomic mass is 35.5. The molecule has 1 N–H and O–H groups in total. The first kappa shape index (κ1) is 22.0. The summed E-state index contributed by atoms with van der Waals surface area (Å²) in [5.74, 6) is 0.245. The summed E-state index contributed by atoms with van der Waals surface area (Å²) in [5.41, 5.74) is 1.42. The topological polar surface area (TPSA) is 75.7 Å². The Morgan fingerprint density at radius 3 is 2.39 bits per heavy atom. The van der Waals surface area contributed by atoms with E-state index in [9.17, 15) is 13.2 Å². The molecule has 0 bridgehead atoms. The maximum Gasteiger partial charge on any atom is 0.243 e. The van der Waals surface area contributed by atoms with Crippen LogP contribution in [0.2, 0.25) is 5.02 Å². The molecule has 0 heterocycles. The fourth-order valence-electron chi connectivity index (χ4n) is 2.88. The van der Waals surface area contributed by atoms with Gasteiger partial charge in [-0.05, 0) is 55.7 Å². The lowest BCUT2D eigenvalue weighted by Gasteiger charge is -2.28. The van der Waals surface area contributed by atoms with Crippen molar-refractivity contribution in [3.8, 4) is 5.75 Å². The van der Waals surface area contributed by atoms with Crippen LogP contribution in [0.25, 0.3) is 0 Å². The van der Waals surface area contributed by atoms with Crippen molar-refractivity contribution in [1.82, 2.24) is 5.32 Å². The number of rotatable bonds is 9. The Bertz CT molecular complexity index is 901. The van der Waals surface area contributed by atoms with Crippen molar-refractivity contribution in [3.63, 3.8) is 0 Å². The van der Waals surface area contributed by atoms with E-state index in [4.69, 9.17) is 16.3 Å². The predicted octanol–water partition coefficient (Wildman–Crippen LogP) is 3.25. The summed E-state index contributed by atoms with van der Waals surface area (Å²) < 4.78 is 30.8. The zero-order valence-electron chi connectivity index (χ0n) is 16.2. The van der Waals surface area contributed by atoms with Crippen LogP contribution in [-0.2, 0) is 21.2 Å². The predicted molar refractivity (Wildman–Crippen MR) is 113 cm³/mol. The Morgan fingerprint density at radius 2 is 1.82 bits per heavy atom. The third-order valence-electron chi connectivity index (χ3n) is 4.30. The molecule has 0 aliphatic rings. The van der Waals surface area contributed by atoms with Gasteiger partial charge in [-0.3, -0.25) is 9.10 Å². The van der Waals surface area contributed by atoms with E-state index in [0.29, 0.717) is 29.4 Å². The van der Waals surface area contributed by atoms with Crippen LogP contribution in [0, 0.1) is 0 Å². The molecule has 2 aromatic carbocycles. The molecule has 2 rings (SSSR count). The number of ether oxygens (including phenoxy) is 1. The molecule has 0 unspecified atom stereocenters. The molecule has 0 radical (unpaired) electrons.